The van der Waals surface area contributed by atoms with E-state index in [0.717, 1.165) is 52.4 Å². The summed E-state index contributed by atoms with van der Waals surface area (Å²) in [5.41, 5.74) is 0. The van der Waals surface area contributed by atoms with Gasteiger partial charge in [0.15, 0.2) is 0 Å². The standard InChI is InChI=1S/C13H24N4/c1-2-4-13(3-1)17-11-9-15-7-5-14-6-8-16-10-12-17/h1-4,13-16H,5-12H2. The van der Waals surface area contributed by atoms with Crippen LogP contribution in [0.5, 0.6) is 0 Å². The molecule has 0 amide bonds. The van der Waals surface area contributed by atoms with Crippen molar-refractivity contribution in [2.24, 2.45) is 0 Å². The highest BCUT2D eigenvalue weighted by atomic mass is 15.2. The monoisotopic (exact) mass is 236 g/mol. The molecule has 1 heterocycles. The molecule has 0 saturated carbocycles. The normalized spacial score (nSPS) is 25.6. The van der Waals surface area contributed by atoms with Crippen molar-refractivity contribution in [1.29, 1.82) is 0 Å². The van der Waals surface area contributed by atoms with Crippen LogP contribution in [-0.2, 0) is 0 Å². The van der Waals surface area contributed by atoms with Gasteiger partial charge >= 0.3 is 0 Å². The Kier molecular flexibility index (Phi) is 5.71. The van der Waals surface area contributed by atoms with Crippen LogP contribution >= 0.6 is 0 Å². The third-order valence-corrected chi connectivity index (χ3v) is 3.26. The van der Waals surface area contributed by atoms with E-state index in [1.807, 2.05) is 0 Å². The largest absolute Gasteiger partial charge is 0.314 e. The van der Waals surface area contributed by atoms with Crippen molar-refractivity contribution in [1.82, 2.24) is 20.9 Å². The van der Waals surface area contributed by atoms with Crippen LogP contribution in [0, 0.1) is 0 Å². The Morgan fingerprint density at radius 2 is 1.18 bits per heavy atom. The molecule has 4 heteroatoms. The maximum atomic E-state index is 3.48. The minimum Gasteiger partial charge on any atom is -0.314 e. The van der Waals surface area contributed by atoms with E-state index in [-0.39, 0.29) is 0 Å². The molecule has 4 nitrogen and oxygen atoms in total. The predicted molar refractivity (Wildman–Crippen MR) is 72.3 cm³/mol. The van der Waals surface area contributed by atoms with Crippen molar-refractivity contribution in [3.8, 4) is 0 Å². The first-order valence-corrected chi connectivity index (χ1v) is 6.68. The van der Waals surface area contributed by atoms with Crippen LogP contribution in [0.3, 0.4) is 0 Å². The minimum atomic E-state index is 0.500. The van der Waals surface area contributed by atoms with E-state index in [2.05, 4.69) is 45.2 Å². The Labute approximate surface area is 104 Å². The first kappa shape index (κ1) is 12.8. The number of nitrogens with zero attached hydrogens (tertiary/aromatic N) is 1. The average Bonchev–Trinajstić information content (AvgIpc) is 2.83. The quantitative estimate of drug-likeness (QED) is 0.577. The van der Waals surface area contributed by atoms with Gasteiger partial charge in [-0.3, -0.25) is 4.90 Å². The average molecular weight is 236 g/mol. The Balaban J connectivity index is 1.79. The van der Waals surface area contributed by atoms with Crippen molar-refractivity contribution < 1.29 is 0 Å². The summed E-state index contributed by atoms with van der Waals surface area (Å²) < 4.78 is 0. The van der Waals surface area contributed by atoms with Gasteiger partial charge in [-0.15, -0.1) is 0 Å². The Morgan fingerprint density at radius 1 is 0.706 bits per heavy atom. The lowest BCUT2D eigenvalue weighted by Crippen LogP contribution is -2.44. The van der Waals surface area contributed by atoms with Crippen molar-refractivity contribution >= 4 is 0 Å². The first-order chi connectivity index (χ1) is 8.47. The summed E-state index contributed by atoms with van der Waals surface area (Å²) in [5, 5.41) is 10.4. The molecule has 2 aliphatic rings. The summed E-state index contributed by atoms with van der Waals surface area (Å²) in [6.07, 6.45) is 8.83. The lowest BCUT2D eigenvalue weighted by molar-refractivity contribution is 0.258. The summed E-state index contributed by atoms with van der Waals surface area (Å²) in [4.78, 5) is 2.52. The Hall–Kier alpha value is -0.680. The zero-order valence-electron chi connectivity index (χ0n) is 10.5. The summed E-state index contributed by atoms with van der Waals surface area (Å²) in [6.45, 7) is 8.60. The fourth-order valence-corrected chi connectivity index (χ4v) is 2.25. The molecular formula is C13H24N4. The second-order valence-electron chi connectivity index (χ2n) is 4.55. The van der Waals surface area contributed by atoms with Crippen molar-refractivity contribution in [2.75, 3.05) is 52.4 Å². The van der Waals surface area contributed by atoms with Gasteiger partial charge in [-0.25, -0.2) is 0 Å². The molecule has 0 radical (unpaired) electrons. The highest BCUT2D eigenvalue weighted by Crippen LogP contribution is 2.08. The van der Waals surface area contributed by atoms with Crippen LogP contribution in [0.4, 0.5) is 0 Å². The smallest absolute Gasteiger partial charge is 0.0468 e. The van der Waals surface area contributed by atoms with E-state index in [1.54, 1.807) is 0 Å². The number of nitrogens with one attached hydrogen (secondary N) is 3. The molecule has 0 aromatic carbocycles. The van der Waals surface area contributed by atoms with Gasteiger partial charge in [-0.2, -0.15) is 0 Å². The molecule has 96 valence electrons. The van der Waals surface area contributed by atoms with Crippen LogP contribution in [-0.4, -0.2) is 63.3 Å². The summed E-state index contributed by atoms with van der Waals surface area (Å²) >= 11 is 0. The number of allylic oxidation sites excluding steroid dienone is 2. The van der Waals surface area contributed by atoms with Gasteiger partial charge in [0, 0.05) is 58.4 Å². The fourth-order valence-electron chi connectivity index (χ4n) is 2.25. The molecule has 2 rings (SSSR count). The summed E-state index contributed by atoms with van der Waals surface area (Å²) in [6, 6.07) is 0.500. The molecule has 0 aromatic rings. The molecule has 1 fully saturated rings. The molecule has 0 spiro atoms. The lowest BCUT2D eigenvalue weighted by atomic mass is 10.2. The molecule has 0 atom stereocenters. The predicted octanol–water partition coefficient (Wildman–Crippen LogP) is -0.435. The number of rotatable bonds is 1. The van der Waals surface area contributed by atoms with Gasteiger partial charge < -0.3 is 16.0 Å². The van der Waals surface area contributed by atoms with E-state index >= 15 is 0 Å². The highest BCUT2D eigenvalue weighted by Gasteiger charge is 2.14. The molecule has 0 unspecified atom stereocenters. The third-order valence-electron chi connectivity index (χ3n) is 3.26. The molecule has 1 aliphatic carbocycles. The molecule has 0 bridgehead atoms. The van der Waals surface area contributed by atoms with Crippen LogP contribution in [0.1, 0.15) is 0 Å². The van der Waals surface area contributed by atoms with E-state index in [4.69, 9.17) is 0 Å². The molecular weight excluding hydrogens is 212 g/mol. The van der Waals surface area contributed by atoms with E-state index < -0.39 is 0 Å². The first-order valence-electron chi connectivity index (χ1n) is 6.68. The Morgan fingerprint density at radius 3 is 1.71 bits per heavy atom. The maximum absolute atomic E-state index is 3.48. The van der Waals surface area contributed by atoms with Gasteiger partial charge in [0.1, 0.15) is 0 Å². The van der Waals surface area contributed by atoms with Crippen LogP contribution in [0.15, 0.2) is 24.3 Å². The molecule has 1 saturated heterocycles. The number of hydrogen-bond donors (Lipinski definition) is 3. The van der Waals surface area contributed by atoms with Crippen LogP contribution in [0.2, 0.25) is 0 Å². The summed E-state index contributed by atoms with van der Waals surface area (Å²) in [5.74, 6) is 0. The van der Waals surface area contributed by atoms with Crippen molar-refractivity contribution in [2.45, 2.75) is 6.04 Å². The SMILES string of the molecule is C1=CC(N2CCNCCNCCNCC2)C=C1. The number of hydrogen-bond acceptors (Lipinski definition) is 4. The van der Waals surface area contributed by atoms with Crippen molar-refractivity contribution in [3.05, 3.63) is 24.3 Å². The molecule has 3 N–H and O–H groups in total. The molecule has 1 aliphatic heterocycles. The molecule has 17 heavy (non-hydrogen) atoms. The van der Waals surface area contributed by atoms with Crippen molar-refractivity contribution in [3.63, 3.8) is 0 Å². The molecule has 0 aromatic heterocycles. The van der Waals surface area contributed by atoms with Gasteiger partial charge in [-0.1, -0.05) is 24.3 Å². The van der Waals surface area contributed by atoms with Gasteiger partial charge in [0.05, 0.1) is 0 Å². The fraction of sp³-hybridized carbons (Fsp3) is 0.692. The van der Waals surface area contributed by atoms with E-state index in [1.165, 1.54) is 0 Å². The van der Waals surface area contributed by atoms with E-state index in [9.17, 15) is 0 Å². The topological polar surface area (TPSA) is 39.3 Å². The van der Waals surface area contributed by atoms with E-state index in [0.29, 0.717) is 6.04 Å². The lowest BCUT2D eigenvalue weighted by Gasteiger charge is -2.27. The third kappa shape index (κ3) is 4.60. The summed E-state index contributed by atoms with van der Waals surface area (Å²) in [7, 11) is 0. The minimum absolute atomic E-state index is 0.500. The zero-order valence-corrected chi connectivity index (χ0v) is 10.5. The van der Waals surface area contributed by atoms with Gasteiger partial charge in [-0.05, 0) is 0 Å². The maximum Gasteiger partial charge on any atom is 0.0468 e. The van der Waals surface area contributed by atoms with Gasteiger partial charge in [0.2, 0.25) is 0 Å². The second-order valence-corrected chi connectivity index (χ2v) is 4.55. The zero-order chi connectivity index (χ0) is 11.8. The van der Waals surface area contributed by atoms with Crippen LogP contribution < -0.4 is 16.0 Å². The highest BCUT2D eigenvalue weighted by molar-refractivity contribution is 5.21. The second kappa shape index (κ2) is 7.61. The van der Waals surface area contributed by atoms with Gasteiger partial charge in [0.25, 0.3) is 0 Å². The Bertz CT molecular complexity index is 238. The van der Waals surface area contributed by atoms with Crippen LogP contribution in [0.25, 0.3) is 0 Å².